The van der Waals surface area contributed by atoms with E-state index in [2.05, 4.69) is 19.2 Å². The first-order valence-corrected chi connectivity index (χ1v) is 13.9. The van der Waals surface area contributed by atoms with Crippen molar-refractivity contribution in [1.29, 1.82) is 0 Å². The largest absolute Gasteiger partial charge is 0.460 e. The highest BCUT2D eigenvalue weighted by Gasteiger charge is 2.37. The Labute approximate surface area is 208 Å². The fourth-order valence-corrected chi connectivity index (χ4v) is 5.85. The quantitative estimate of drug-likeness (QED) is 0.458. The number of nitrogens with zero attached hydrogens (tertiary/aromatic N) is 1. The van der Waals surface area contributed by atoms with Gasteiger partial charge in [0.15, 0.2) is 0 Å². The zero-order valence-corrected chi connectivity index (χ0v) is 21.8. The highest BCUT2D eigenvalue weighted by Crippen LogP contribution is 2.27. The molecule has 0 unspecified atom stereocenters. The predicted molar refractivity (Wildman–Crippen MR) is 138 cm³/mol. The van der Waals surface area contributed by atoms with Crippen molar-refractivity contribution in [3.05, 3.63) is 65.7 Å². The Bertz CT molecular complexity index is 1120. The van der Waals surface area contributed by atoms with E-state index in [9.17, 15) is 18.0 Å². The fourth-order valence-electron chi connectivity index (χ4n) is 4.34. The lowest BCUT2D eigenvalue weighted by Crippen LogP contribution is -2.44. The van der Waals surface area contributed by atoms with Crippen molar-refractivity contribution in [1.82, 2.24) is 5.32 Å². The van der Waals surface area contributed by atoms with Crippen molar-refractivity contribution in [3.63, 3.8) is 0 Å². The molecule has 0 bridgehead atoms. The maximum absolute atomic E-state index is 13.2. The number of ether oxygens (including phenoxy) is 1. The van der Waals surface area contributed by atoms with Crippen LogP contribution in [-0.4, -0.2) is 38.2 Å². The molecule has 0 spiro atoms. The molecule has 1 amide bonds. The molecule has 0 saturated carbocycles. The molecule has 3 rings (SSSR count). The van der Waals surface area contributed by atoms with Crippen molar-refractivity contribution >= 4 is 27.6 Å². The molecule has 0 radical (unpaired) electrons. The van der Waals surface area contributed by atoms with Crippen LogP contribution in [-0.2, 0) is 26.1 Å². The SMILES string of the molecule is CCCS(=O)(=O)N(Cc1ccccc1)c1cccc(C(=O)N[C@@H](CC(C)C)[C@H]2C[C@@H](C)C(=O)O2)c1. The Hall–Kier alpha value is -2.87. The third-order valence-corrected chi connectivity index (χ3v) is 8.05. The molecule has 1 saturated heterocycles. The maximum atomic E-state index is 13.2. The van der Waals surface area contributed by atoms with Crippen LogP contribution in [0.25, 0.3) is 0 Å². The van der Waals surface area contributed by atoms with Gasteiger partial charge in [0.25, 0.3) is 5.91 Å². The number of esters is 1. The van der Waals surface area contributed by atoms with E-state index in [0.717, 1.165) is 5.56 Å². The van der Waals surface area contributed by atoms with Gasteiger partial charge in [0.2, 0.25) is 10.0 Å². The van der Waals surface area contributed by atoms with Crippen molar-refractivity contribution in [2.24, 2.45) is 11.8 Å². The van der Waals surface area contributed by atoms with Crippen molar-refractivity contribution < 1.29 is 22.7 Å². The number of amides is 1. The number of hydrogen-bond acceptors (Lipinski definition) is 5. The molecule has 190 valence electrons. The number of benzene rings is 2. The molecule has 0 aliphatic carbocycles. The number of carbonyl (C=O) groups excluding carboxylic acids is 2. The molecule has 1 aliphatic heterocycles. The van der Waals surface area contributed by atoms with Crippen LogP contribution in [0, 0.1) is 11.8 Å². The van der Waals surface area contributed by atoms with Gasteiger partial charge in [0.05, 0.1) is 29.9 Å². The van der Waals surface area contributed by atoms with Crippen LogP contribution in [0.15, 0.2) is 54.6 Å². The van der Waals surface area contributed by atoms with Gasteiger partial charge in [-0.2, -0.15) is 0 Å². The fraction of sp³-hybridized carbons (Fsp3) is 0.481. The highest BCUT2D eigenvalue weighted by molar-refractivity contribution is 7.92. The number of nitrogens with one attached hydrogen (secondary N) is 1. The lowest BCUT2D eigenvalue weighted by molar-refractivity contribution is -0.144. The number of anilines is 1. The number of carbonyl (C=O) groups is 2. The summed E-state index contributed by atoms with van der Waals surface area (Å²) in [6.07, 6.45) is 1.35. The van der Waals surface area contributed by atoms with Gasteiger partial charge in [-0.3, -0.25) is 13.9 Å². The monoisotopic (exact) mass is 500 g/mol. The Morgan fingerprint density at radius 2 is 1.86 bits per heavy atom. The van der Waals surface area contributed by atoms with E-state index >= 15 is 0 Å². The number of rotatable bonds is 11. The molecular formula is C27H36N2O5S. The van der Waals surface area contributed by atoms with Crippen LogP contribution in [0.2, 0.25) is 0 Å². The lowest BCUT2D eigenvalue weighted by atomic mass is 9.94. The standard InChI is InChI=1S/C27H36N2O5S/c1-5-14-35(32,33)29(18-21-10-7-6-8-11-21)23-13-9-12-22(17-23)26(30)28-24(15-19(2)3)25-16-20(4)27(31)34-25/h6-13,17,19-20,24-25H,5,14-16,18H2,1-4H3,(H,28,30)/t20-,24+,25-/m1/s1. The van der Waals surface area contributed by atoms with E-state index in [1.165, 1.54) is 4.31 Å². The minimum absolute atomic E-state index is 0.0119. The maximum Gasteiger partial charge on any atom is 0.309 e. The minimum atomic E-state index is -3.59. The summed E-state index contributed by atoms with van der Waals surface area (Å²) >= 11 is 0. The summed E-state index contributed by atoms with van der Waals surface area (Å²) in [5.41, 5.74) is 1.66. The molecule has 2 aromatic rings. The van der Waals surface area contributed by atoms with Gasteiger partial charge in [0.1, 0.15) is 6.10 Å². The second-order valence-corrected chi connectivity index (χ2v) is 11.7. The van der Waals surface area contributed by atoms with Gasteiger partial charge in [0, 0.05) is 5.56 Å². The summed E-state index contributed by atoms with van der Waals surface area (Å²) in [4.78, 5) is 25.2. The summed E-state index contributed by atoms with van der Waals surface area (Å²) in [5.74, 6) is -0.442. The van der Waals surface area contributed by atoms with Crippen LogP contribution in [0.5, 0.6) is 0 Å². The van der Waals surface area contributed by atoms with Gasteiger partial charge in [-0.05, 0) is 48.9 Å². The van der Waals surface area contributed by atoms with Crippen LogP contribution in [0.4, 0.5) is 5.69 Å². The number of sulfonamides is 1. The average Bonchev–Trinajstić information content (AvgIpc) is 3.15. The Kier molecular flexibility index (Phi) is 8.94. The first kappa shape index (κ1) is 26.7. The van der Waals surface area contributed by atoms with Crippen molar-refractivity contribution in [2.75, 3.05) is 10.1 Å². The summed E-state index contributed by atoms with van der Waals surface area (Å²) in [5, 5.41) is 3.04. The second-order valence-electron chi connectivity index (χ2n) is 9.68. The molecule has 3 atom stereocenters. The molecular weight excluding hydrogens is 464 g/mol. The van der Waals surface area contributed by atoms with Gasteiger partial charge in [-0.1, -0.05) is 64.1 Å². The Morgan fingerprint density at radius 3 is 2.46 bits per heavy atom. The summed E-state index contributed by atoms with van der Waals surface area (Å²) < 4.78 is 33.2. The minimum Gasteiger partial charge on any atom is -0.460 e. The van der Waals surface area contributed by atoms with Crippen LogP contribution >= 0.6 is 0 Å². The lowest BCUT2D eigenvalue weighted by Gasteiger charge is -2.27. The van der Waals surface area contributed by atoms with E-state index in [1.807, 2.05) is 44.2 Å². The summed E-state index contributed by atoms with van der Waals surface area (Å²) in [7, 11) is -3.59. The van der Waals surface area contributed by atoms with Gasteiger partial charge < -0.3 is 10.1 Å². The van der Waals surface area contributed by atoms with E-state index in [0.29, 0.717) is 36.4 Å². The molecule has 35 heavy (non-hydrogen) atoms. The van der Waals surface area contributed by atoms with Crippen LogP contribution < -0.4 is 9.62 Å². The average molecular weight is 501 g/mol. The van der Waals surface area contributed by atoms with E-state index in [4.69, 9.17) is 4.74 Å². The highest BCUT2D eigenvalue weighted by atomic mass is 32.2. The summed E-state index contributed by atoms with van der Waals surface area (Å²) in [6, 6.07) is 15.8. The molecule has 8 heteroatoms. The van der Waals surface area contributed by atoms with E-state index < -0.39 is 10.0 Å². The Balaban J connectivity index is 1.86. The predicted octanol–water partition coefficient (Wildman–Crippen LogP) is 4.53. The van der Waals surface area contributed by atoms with Crippen LogP contribution in [0.3, 0.4) is 0 Å². The van der Waals surface area contributed by atoms with Crippen molar-refractivity contribution in [3.8, 4) is 0 Å². The first-order valence-electron chi connectivity index (χ1n) is 12.3. The second kappa shape index (κ2) is 11.7. The van der Waals surface area contributed by atoms with Gasteiger partial charge in [-0.15, -0.1) is 0 Å². The Morgan fingerprint density at radius 1 is 1.14 bits per heavy atom. The van der Waals surface area contributed by atoms with E-state index in [1.54, 1.807) is 24.3 Å². The molecule has 0 aromatic heterocycles. The smallest absolute Gasteiger partial charge is 0.309 e. The van der Waals surface area contributed by atoms with Crippen molar-refractivity contribution in [2.45, 2.75) is 65.6 Å². The van der Waals surface area contributed by atoms with E-state index in [-0.39, 0.29) is 42.2 Å². The normalized spacial score (nSPS) is 18.8. The molecule has 1 fully saturated rings. The first-order chi connectivity index (χ1) is 16.6. The molecule has 7 nitrogen and oxygen atoms in total. The molecule has 1 heterocycles. The third kappa shape index (κ3) is 7.07. The molecule has 2 aromatic carbocycles. The zero-order chi connectivity index (χ0) is 25.6. The van der Waals surface area contributed by atoms with Gasteiger partial charge >= 0.3 is 5.97 Å². The zero-order valence-electron chi connectivity index (χ0n) is 20.9. The third-order valence-electron chi connectivity index (χ3n) is 6.11. The molecule has 1 N–H and O–H groups in total. The number of cyclic esters (lactones) is 1. The van der Waals surface area contributed by atoms with Crippen LogP contribution in [0.1, 0.15) is 62.9 Å². The summed E-state index contributed by atoms with van der Waals surface area (Å²) in [6.45, 7) is 7.95. The van der Waals surface area contributed by atoms with Gasteiger partial charge in [-0.25, -0.2) is 8.42 Å². The number of hydrogen-bond donors (Lipinski definition) is 1. The topological polar surface area (TPSA) is 92.8 Å². The molecule has 1 aliphatic rings.